The van der Waals surface area contributed by atoms with Gasteiger partial charge in [-0.05, 0) is 30.5 Å². The number of halogens is 1. The van der Waals surface area contributed by atoms with E-state index < -0.39 is 5.82 Å². The number of carbonyl (C=O) groups excluding carboxylic acids is 1. The van der Waals surface area contributed by atoms with Gasteiger partial charge in [0, 0.05) is 23.5 Å². The van der Waals surface area contributed by atoms with Crippen LogP contribution < -0.4 is 0 Å². The molecule has 0 heterocycles. The largest absolute Gasteiger partial charge is 0.338 e. The van der Waals surface area contributed by atoms with Crippen LogP contribution in [0.25, 0.3) is 0 Å². The number of thiol groups is 1. The highest BCUT2D eigenvalue weighted by molar-refractivity contribution is 7.80. The van der Waals surface area contributed by atoms with Crippen molar-refractivity contribution < 1.29 is 9.18 Å². The molecule has 0 spiro atoms. The van der Waals surface area contributed by atoms with Crippen LogP contribution in [-0.4, -0.2) is 23.9 Å². The van der Waals surface area contributed by atoms with Gasteiger partial charge < -0.3 is 4.90 Å². The maximum atomic E-state index is 13.1. The molecule has 0 bridgehead atoms. The second-order valence-electron chi connectivity index (χ2n) is 5.62. The Hall–Kier alpha value is -1.03. The first-order valence-electron chi connectivity index (χ1n) is 5.90. The van der Waals surface area contributed by atoms with E-state index in [1.807, 2.05) is 6.92 Å². The second kappa shape index (κ2) is 5.31. The molecule has 1 rings (SSSR count). The van der Waals surface area contributed by atoms with Crippen LogP contribution in [0.15, 0.2) is 23.1 Å². The summed E-state index contributed by atoms with van der Waals surface area (Å²) in [7, 11) is 1.76. The maximum Gasteiger partial charge on any atom is 0.253 e. The molecule has 18 heavy (non-hydrogen) atoms. The molecule has 0 fully saturated rings. The minimum absolute atomic E-state index is 0.00572. The van der Waals surface area contributed by atoms with Crippen molar-refractivity contribution in [2.75, 3.05) is 7.05 Å². The molecule has 1 aromatic carbocycles. The molecule has 1 amide bonds. The Labute approximate surface area is 114 Å². The molecule has 4 heteroatoms. The molecule has 0 saturated carbocycles. The molecule has 0 aromatic heterocycles. The van der Waals surface area contributed by atoms with Crippen molar-refractivity contribution in [1.29, 1.82) is 0 Å². The Balaban J connectivity index is 2.97. The Morgan fingerprint density at radius 3 is 2.39 bits per heavy atom. The highest BCUT2D eigenvalue weighted by atomic mass is 32.1. The first-order chi connectivity index (χ1) is 8.14. The number of rotatable bonds is 2. The van der Waals surface area contributed by atoms with Gasteiger partial charge in [-0.1, -0.05) is 20.8 Å². The standard InChI is InChI=1S/C14H20FNOS/c1-9(14(2,3)4)16(5)13(17)10-6-7-11(15)12(18)8-10/h6-9,18H,1-5H3. The third-order valence-corrected chi connectivity index (χ3v) is 3.69. The average Bonchev–Trinajstić information content (AvgIpc) is 2.28. The average molecular weight is 269 g/mol. The van der Waals surface area contributed by atoms with Gasteiger partial charge in [0.05, 0.1) is 0 Å². The topological polar surface area (TPSA) is 20.3 Å². The summed E-state index contributed by atoms with van der Waals surface area (Å²) in [6, 6.07) is 4.31. The van der Waals surface area contributed by atoms with E-state index in [4.69, 9.17) is 0 Å². The fraction of sp³-hybridized carbons (Fsp3) is 0.500. The molecule has 2 nitrogen and oxygen atoms in total. The van der Waals surface area contributed by atoms with E-state index in [0.717, 1.165) is 0 Å². The van der Waals surface area contributed by atoms with Crippen LogP contribution >= 0.6 is 12.6 Å². The Morgan fingerprint density at radius 2 is 1.94 bits per heavy atom. The van der Waals surface area contributed by atoms with E-state index in [-0.39, 0.29) is 22.3 Å². The summed E-state index contributed by atoms with van der Waals surface area (Å²) < 4.78 is 13.1. The summed E-state index contributed by atoms with van der Waals surface area (Å²) in [5.74, 6) is -0.533. The van der Waals surface area contributed by atoms with Crippen molar-refractivity contribution in [1.82, 2.24) is 4.90 Å². The first-order valence-corrected chi connectivity index (χ1v) is 6.35. The van der Waals surface area contributed by atoms with Crippen molar-refractivity contribution >= 4 is 18.5 Å². The van der Waals surface area contributed by atoms with Crippen molar-refractivity contribution in [2.24, 2.45) is 5.41 Å². The SMILES string of the molecule is CC(N(C)C(=O)c1ccc(F)c(S)c1)C(C)(C)C. The highest BCUT2D eigenvalue weighted by Crippen LogP contribution is 2.24. The lowest BCUT2D eigenvalue weighted by Gasteiger charge is -2.35. The molecule has 1 atom stereocenters. The molecule has 0 aliphatic carbocycles. The lowest BCUT2D eigenvalue weighted by atomic mass is 9.87. The number of hydrogen-bond acceptors (Lipinski definition) is 2. The van der Waals surface area contributed by atoms with E-state index >= 15 is 0 Å². The van der Waals surface area contributed by atoms with Gasteiger partial charge in [-0.25, -0.2) is 4.39 Å². The van der Waals surface area contributed by atoms with E-state index in [1.165, 1.54) is 18.2 Å². The van der Waals surface area contributed by atoms with Gasteiger partial charge in [-0.3, -0.25) is 4.79 Å². The van der Waals surface area contributed by atoms with Gasteiger partial charge in [0.2, 0.25) is 0 Å². The fourth-order valence-electron chi connectivity index (χ4n) is 1.61. The molecule has 1 aromatic rings. The minimum Gasteiger partial charge on any atom is -0.338 e. The number of benzene rings is 1. The zero-order valence-electron chi connectivity index (χ0n) is 11.5. The van der Waals surface area contributed by atoms with Gasteiger partial charge in [0.1, 0.15) is 5.82 Å². The molecular formula is C14H20FNOS. The third-order valence-electron chi connectivity index (χ3n) is 3.35. The van der Waals surface area contributed by atoms with Crippen LogP contribution in [-0.2, 0) is 0 Å². The summed E-state index contributed by atoms with van der Waals surface area (Å²) in [6.45, 7) is 8.24. The first kappa shape index (κ1) is 15.0. The Bertz CT molecular complexity index is 454. The van der Waals surface area contributed by atoms with Gasteiger partial charge in [-0.15, -0.1) is 12.6 Å². The number of amides is 1. The summed E-state index contributed by atoms with van der Waals surface area (Å²) in [5.41, 5.74) is 0.453. The fourth-order valence-corrected chi connectivity index (χ4v) is 1.82. The van der Waals surface area contributed by atoms with Crippen LogP contribution in [0.5, 0.6) is 0 Å². The van der Waals surface area contributed by atoms with E-state index in [1.54, 1.807) is 11.9 Å². The van der Waals surface area contributed by atoms with Crippen molar-refractivity contribution in [3.63, 3.8) is 0 Å². The number of carbonyl (C=O) groups is 1. The molecular weight excluding hydrogens is 249 g/mol. The predicted octanol–water partition coefficient (Wildman–Crippen LogP) is 3.62. The van der Waals surface area contributed by atoms with Gasteiger partial charge in [0.15, 0.2) is 0 Å². The van der Waals surface area contributed by atoms with Crippen LogP contribution in [0.1, 0.15) is 38.1 Å². The molecule has 0 saturated heterocycles. The summed E-state index contributed by atoms with van der Waals surface area (Å²) in [4.78, 5) is 14.1. The van der Waals surface area contributed by atoms with E-state index in [0.29, 0.717) is 5.56 Å². The van der Waals surface area contributed by atoms with Crippen molar-refractivity contribution in [3.8, 4) is 0 Å². The maximum absolute atomic E-state index is 13.1. The van der Waals surface area contributed by atoms with Crippen molar-refractivity contribution in [3.05, 3.63) is 29.6 Å². The molecule has 1 unspecified atom stereocenters. The summed E-state index contributed by atoms with van der Waals surface area (Å²) >= 11 is 3.99. The van der Waals surface area contributed by atoms with Crippen LogP contribution in [0.2, 0.25) is 0 Å². The molecule has 0 aliphatic heterocycles. The molecule has 0 aliphatic rings. The highest BCUT2D eigenvalue weighted by Gasteiger charge is 2.27. The van der Waals surface area contributed by atoms with Crippen molar-refractivity contribution in [2.45, 2.75) is 38.6 Å². The molecule has 0 N–H and O–H groups in total. The zero-order valence-corrected chi connectivity index (χ0v) is 12.4. The van der Waals surface area contributed by atoms with E-state index in [2.05, 4.69) is 33.4 Å². The van der Waals surface area contributed by atoms with Crippen LogP contribution in [0.3, 0.4) is 0 Å². The quantitative estimate of drug-likeness (QED) is 0.813. The number of hydrogen-bond donors (Lipinski definition) is 1. The minimum atomic E-state index is -0.415. The lowest BCUT2D eigenvalue weighted by molar-refractivity contribution is 0.0629. The normalized spacial score (nSPS) is 13.3. The number of nitrogens with zero attached hydrogens (tertiary/aromatic N) is 1. The summed E-state index contributed by atoms with van der Waals surface area (Å²) in [6.07, 6.45) is 0. The zero-order chi connectivity index (χ0) is 14.1. The van der Waals surface area contributed by atoms with Crippen LogP contribution in [0.4, 0.5) is 4.39 Å². The predicted molar refractivity (Wildman–Crippen MR) is 74.7 cm³/mol. The monoisotopic (exact) mass is 269 g/mol. The van der Waals surface area contributed by atoms with Gasteiger partial charge in [-0.2, -0.15) is 0 Å². The Kier molecular flexibility index (Phi) is 4.43. The van der Waals surface area contributed by atoms with Crippen LogP contribution in [0, 0.1) is 11.2 Å². The van der Waals surface area contributed by atoms with Gasteiger partial charge >= 0.3 is 0 Å². The third kappa shape index (κ3) is 3.25. The van der Waals surface area contributed by atoms with E-state index in [9.17, 15) is 9.18 Å². The second-order valence-corrected chi connectivity index (χ2v) is 6.11. The smallest absolute Gasteiger partial charge is 0.253 e. The molecule has 100 valence electrons. The lowest BCUT2D eigenvalue weighted by Crippen LogP contribution is -2.42. The Morgan fingerprint density at radius 1 is 1.39 bits per heavy atom. The van der Waals surface area contributed by atoms with Gasteiger partial charge in [0.25, 0.3) is 5.91 Å². The molecule has 0 radical (unpaired) electrons. The summed E-state index contributed by atoms with van der Waals surface area (Å²) in [5, 5.41) is 0.